The SMILES string of the molecule is O=C(NCC(O)COc1ccc2c(c1)OCO2)c1cccc(S(=O)(=O)N2CCOCC2)c1. The molecule has 1 atom stereocenters. The number of fused-ring (bicyclic) bond motifs is 1. The number of rotatable bonds is 8. The number of carbonyl (C=O) groups is 1. The quantitative estimate of drug-likeness (QED) is 0.582. The molecular formula is C21H24N2O8S. The Morgan fingerprint density at radius 1 is 1.12 bits per heavy atom. The molecule has 0 radical (unpaired) electrons. The summed E-state index contributed by atoms with van der Waals surface area (Å²) in [5.74, 6) is 1.20. The van der Waals surface area contributed by atoms with Crippen molar-refractivity contribution in [3.05, 3.63) is 48.0 Å². The number of amides is 1. The van der Waals surface area contributed by atoms with Crippen LogP contribution in [0.1, 0.15) is 10.4 Å². The van der Waals surface area contributed by atoms with E-state index in [1.807, 2.05) is 0 Å². The van der Waals surface area contributed by atoms with Gasteiger partial charge in [0.2, 0.25) is 16.8 Å². The Bertz CT molecular complexity index is 1070. The second kappa shape index (κ2) is 9.74. The van der Waals surface area contributed by atoms with Gasteiger partial charge in [-0.25, -0.2) is 8.42 Å². The minimum Gasteiger partial charge on any atom is -0.491 e. The van der Waals surface area contributed by atoms with Crippen LogP contribution in [0.3, 0.4) is 0 Å². The van der Waals surface area contributed by atoms with Crippen molar-refractivity contribution < 1.29 is 37.3 Å². The molecule has 1 saturated heterocycles. The predicted molar refractivity (Wildman–Crippen MR) is 112 cm³/mol. The van der Waals surface area contributed by atoms with E-state index in [0.29, 0.717) is 30.5 Å². The van der Waals surface area contributed by atoms with Gasteiger partial charge in [0.05, 0.1) is 18.1 Å². The Balaban J connectivity index is 1.30. The minimum absolute atomic E-state index is 0.0405. The van der Waals surface area contributed by atoms with Crippen molar-refractivity contribution in [1.82, 2.24) is 9.62 Å². The van der Waals surface area contributed by atoms with Gasteiger partial charge < -0.3 is 29.4 Å². The molecule has 1 fully saturated rings. The van der Waals surface area contributed by atoms with Crippen LogP contribution >= 0.6 is 0 Å². The summed E-state index contributed by atoms with van der Waals surface area (Å²) in [4.78, 5) is 12.5. The van der Waals surface area contributed by atoms with Gasteiger partial charge >= 0.3 is 0 Å². The zero-order valence-corrected chi connectivity index (χ0v) is 18.0. The molecule has 2 aromatic carbocycles. The van der Waals surface area contributed by atoms with Gasteiger partial charge in [0.1, 0.15) is 18.5 Å². The zero-order valence-electron chi connectivity index (χ0n) is 17.2. The highest BCUT2D eigenvalue weighted by atomic mass is 32.2. The lowest BCUT2D eigenvalue weighted by Crippen LogP contribution is -2.40. The molecule has 0 saturated carbocycles. The smallest absolute Gasteiger partial charge is 0.251 e. The number of hydrogen-bond donors (Lipinski definition) is 2. The molecule has 32 heavy (non-hydrogen) atoms. The Morgan fingerprint density at radius 2 is 1.91 bits per heavy atom. The molecule has 2 aromatic rings. The first kappa shape index (κ1) is 22.3. The van der Waals surface area contributed by atoms with Gasteiger partial charge in [-0.3, -0.25) is 4.79 Å². The Labute approximate surface area is 185 Å². The number of aliphatic hydroxyl groups is 1. The average molecular weight is 464 g/mol. The summed E-state index contributed by atoms with van der Waals surface area (Å²) >= 11 is 0. The van der Waals surface area contributed by atoms with Crippen LogP contribution in [0, 0.1) is 0 Å². The number of nitrogens with one attached hydrogen (secondary N) is 1. The molecule has 0 aromatic heterocycles. The van der Waals surface area contributed by atoms with Crippen molar-refractivity contribution in [1.29, 1.82) is 0 Å². The molecule has 0 spiro atoms. The van der Waals surface area contributed by atoms with Crippen molar-refractivity contribution in [2.75, 3.05) is 46.2 Å². The van der Waals surface area contributed by atoms with Crippen LogP contribution in [-0.4, -0.2) is 76.1 Å². The molecule has 0 aliphatic carbocycles. The van der Waals surface area contributed by atoms with E-state index in [0.717, 1.165) is 0 Å². The van der Waals surface area contributed by atoms with Gasteiger partial charge in [0.25, 0.3) is 5.91 Å². The molecule has 1 amide bonds. The lowest BCUT2D eigenvalue weighted by atomic mass is 10.2. The molecular weight excluding hydrogens is 440 g/mol. The van der Waals surface area contributed by atoms with Gasteiger partial charge in [-0.05, 0) is 30.3 Å². The molecule has 2 heterocycles. The summed E-state index contributed by atoms with van der Waals surface area (Å²) in [5.41, 5.74) is 0.184. The molecule has 172 valence electrons. The van der Waals surface area contributed by atoms with Crippen molar-refractivity contribution in [2.45, 2.75) is 11.0 Å². The van der Waals surface area contributed by atoms with Crippen molar-refractivity contribution in [3.63, 3.8) is 0 Å². The Morgan fingerprint density at radius 3 is 2.72 bits per heavy atom. The monoisotopic (exact) mass is 464 g/mol. The van der Waals surface area contributed by atoms with E-state index in [4.69, 9.17) is 18.9 Å². The normalized spacial score (nSPS) is 17.0. The fraction of sp³-hybridized carbons (Fsp3) is 0.381. The highest BCUT2D eigenvalue weighted by Gasteiger charge is 2.27. The van der Waals surface area contributed by atoms with E-state index in [1.54, 1.807) is 18.2 Å². The summed E-state index contributed by atoms with van der Waals surface area (Å²) in [6.07, 6.45) is -0.968. The third-order valence-corrected chi connectivity index (χ3v) is 6.88. The predicted octanol–water partition coefficient (Wildman–Crippen LogP) is 0.606. The number of sulfonamides is 1. The van der Waals surface area contributed by atoms with Crippen LogP contribution in [0.25, 0.3) is 0 Å². The third kappa shape index (κ3) is 5.13. The van der Waals surface area contributed by atoms with Gasteiger partial charge in [0.15, 0.2) is 11.5 Å². The molecule has 0 bridgehead atoms. The number of benzene rings is 2. The maximum atomic E-state index is 12.8. The van der Waals surface area contributed by atoms with Crippen LogP contribution in [0.15, 0.2) is 47.4 Å². The van der Waals surface area contributed by atoms with Crippen LogP contribution in [-0.2, 0) is 14.8 Å². The first-order valence-corrected chi connectivity index (χ1v) is 11.5. The number of carbonyl (C=O) groups excluding carboxylic acids is 1. The molecule has 1 unspecified atom stereocenters. The number of aliphatic hydroxyl groups excluding tert-OH is 1. The standard InChI is InChI=1S/C21H24N2O8S/c24-16(13-29-17-4-5-19-20(11-17)31-14-30-19)12-22-21(25)15-2-1-3-18(10-15)32(26,27)23-6-8-28-9-7-23/h1-5,10-11,16,24H,6-9,12-14H2,(H,22,25). The summed E-state index contributed by atoms with van der Waals surface area (Å²) in [5, 5.41) is 12.7. The number of morpholine rings is 1. The highest BCUT2D eigenvalue weighted by molar-refractivity contribution is 7.89. The summed E-state index contributed by atoms with van der Waals surface area (Å²) in [7, 11) is -3.71. The highest BCUT2D eigenvalue weighted by Crippen LogP contribution is 2.35. The van der Waals surface area contributed by atoms with Gasteiger partial charge in [-0.15, -0.1) is 0 Å². The number of nitrogens with zero attached hydrogens (tertiary/aromatic N) is 1. The Kier molecular flexibility index (Phi) is 6.80. The molecule has 4 rings (SSSR count). The average Bonchev–Trinajstić information content (AvgIpc) is 3.30. The zero-order chi connectivity index (χ0) is 22.6. The maximum absolute atomic E-state index is 12.8. The fourth-order valence-corrected chi connectivity index (χ4v) is 4.72. The van der Waals surface area contributed by atoms with E-state index in [2.05, 4.69) is 5.32 Å². The lowest BCUT2D eigenvalue weighted by Gasteiger charge is -2.26. The third-order valence-electron chi connectivity index (χ3n) is 4.99. The van der Waals surface area contributed by atoms with Gasteiger partial charge in [-0.1, -0.05) is 6.07 Å². The molecule has 2 aliphatic heterocycles. The second-order valence-electron chi connectivity index (χ2n) is 7.23. The number of ether oxygens (including phenoxy) is 4. The van der Waals surface area contributed by atoms with E-state index in [1.165, 1.54) is 28.6 Å². The van der Waals surface area contributed by atoms with Crippen molar-refractivity contribution in [3.8, 4) is 17.2 Å². The van der Waals surface area contributed by atoms with Crippen molar-refractivity contribution >= 4 is 15.9 Å². The minimum atomic E-state index is -3.71. The van der Waals surface area contributed by atoms with Crippen LogP contribution in [0.4, 0.5) is 0 Å². The van der Waals surface area contributed by atoms with Gasteiger partial charge in [0, 0.05) is 31.3 Å². The molecule has 11 heteroatoms. The first-order chi connectivity index (χ1) is 15.4. The first-order valence-electron chi connectivity index (χ1n) is 10.1. The van der Waals surface area contributed by atoms with E-state index >= 15 is 0 Å². The summed E-state index contributed by atoms with van der Waals surface area (Å²) < 4.78 is 48.1. The molecule has 2 N–H and O–H groups in total. The van der Waals surface area contributed by atoms with Crippen molar-refractivity contribution in [2.24, 2.45) is 0 Å². The topological polar surface area (TPSA) is 124 Å². The van der Waals surface area contributed by atoms with E-state index in [9.17, 15) is 18.3 Å². The molecule has 2 aliphatic rings. The molecule has 10 nitrogen and oxygen atoms in total. The summed E-state index contributed by atoms with van der Waals surface area (Å²) in [6.45, 7) is 1.26. The largest absolute Gasteiger partial charge is 0.491 e. The Hall–Kier alpha value is -2.86. The number of hydrogen-bond acceptors (Lipinski definition) is 8. The lowest BCUT2D eigenvalue weighted by molar-refractivity contribution is 0.0730. The fourth-order valence-electron chi connectivity index (χ4n) is 3.26. The van der Waals surface area contributed by atoms with Crippen LogP contribution in [0.2, 0.25) is 0 Å². The maximum Gasteiger partial charge on any atom is 0.251 e. The van der Waals surface area contributed by atoms with Gasteiger partial charge in [-0.2, -0.15) is 4.31 Å². The second-order valence-corrected chi connectivity index (χ2v) is 9.17. The summed E-state index contributed by atoms with van der Waals surface area (Å²) in [6, 6.07) is 10.9. The van der Waals surface area contributed by atoms with E-state index in [-0.39, 0.29) is 43.5 Å². The van der Waals surface area contributed by atoms with Crippen LogP contribution < -0.4 is 19.5 Å². The van der Waals surface area contributed by atoms with Crippen LogP contribution in [0.5, 0.6) is 17.2 Å². The van der Waals surface area contributed by atoms with E-state index < -0.39 is 22.0 Å².